The zero-order chi connectivity index (χ0) is 21.8. The van der Waals surface area contributed by atoms with Crippen molar-refractivity contribution >= 4 is 23.5 Å². The van der Waals surface area contributed by atoms with Gasteiger partial charge < -0.3 is 19.7 Å². The fraction of sp³-hybridized carbons (Fsp3) is 0.286. The molecule has 4 rings (SSSR count). The lowest BCUT2D eigenvalue weighted by Gasteiger charge is -2.34. The highest BCUT2D eigenvalue weighted by Crippen LogP contribution is 2.34. The van der Waals surface area contributed by atoms with E-state index in [0.29, 0.717) is 43.4 Å². The van der Waals surface area contributed by atoms with Crippen molar-refractivity contribution in [2.24, 2.45) is 0 Å². The van der Waals surface area contributed by atoms with E-state index in [1.807, 2.05) is 4.90 Å². The van der Waals surface area contributed by atoms with Crippen molar-refractivity contribution in [1.29, 1.82) is 0 Å². The third-order valence-electron chi connectivity index (χ3n) is 5.01. The Labute approximate surface area is 177 Å². The van der Waals surface area contributed by atoms with Crippen LogP contribution in [0.15, 0.2) is 42.5 Å². The maximum atomic E-state index is 13.8. The summed E-state index contributed by atoms with van der Waals surface area (Å²) in [6, 6.07) is 10.1. The van der Waals surface area contributed by atoms with Gasteiger partial charge in [-0.1, -0.05) is 12.1 Å². The molecule has 0 saturated carbocycles. The summed E-state index contributed by atoms with van der Waals surface area (Å²) < 4.78 is 24.3. The lowest BCUT2D eigenvalue weighted by atomic mass is 10.1. The van der Waals surface area contributed by atoms with Gasteiger partial charge in [0.05, 0.1) is 12.1 Å². The molecule has 2 aliphatic heterocycles. The normalized spacial score (nSPS) is 15.5. The van der Waals surface area contributed by atoms with Gasteiger partial charge in [0.2, 0.25) is 12.7 Å². The second-order valence-corrected chi connectivity index (χ2v) is 7.12. The van der Waals surface area contributed by atoms with Crippen molar-refractivity contribution in [1.82, 2.24) is 15.1 Å². The molecule has 2 aromatic carbocycles. The van der Waals surface area contributed by atoms with E-state index in [9.17, 15) is 18.8 Å². The Morgan fingerprint density at radius 2 is 1.71 bits per heavy atom. The zero-order valence-corrected chi connectivity index (χ0v) is 16.6. The Bertz CT molecular complexity index is 1010. The molecule has 0 radical (unpaired) electrons. The van der Waals surface area contributed by atoms with Crippen LogP contribution >= 0.6 is 0 Å². The van der Waals surface area contributed by atoms with Gasteiger partial charge in [0, 0.05) is 37.9 Å². The van der Waals surface area contributed by atoms with Gasteiger partial charge in [-0.15, -0.1) is 0 Å². The van der Waals surface area contributed by atoms with Gasteiger partial charge >= 0.3 is 6.03 Å². The predicted octanol–water partition coefficient (Wildman–Crippen LogP) is 1.66. The molecule has 0 spiro atoms. The number of piperazine rings is 1. The van der Waals surface area contributed by atoms with Crippen molar-refractivity contribution in [2.75, 3.05) is 44.8 Å². The zero-order valence-electron chi connectivity index (χ0n) is 16.6. The molecule has 1 saturated heterocycles. The summed E-state index contributed by atoms with van der Waals surface area (Å²) >= 11 is 0. The van der Waals surface area contributed by atoms with Crippen LogP contribution in [-0.4, -0.2) is 67.2 Å². The topological polar surface area (TPSA) is 100 Å². The largest absolute Gasteiger partial charge is 0.454 e. The van der Waals surface area contributed by atoms with Crippen LogP contribution in [-0.2, 0) is 4.79 Å². The molecule has 0 aliphatic carbocycles. The molecule has 0 bridgehead atoms. The van der Waals surface area contributed by atoms with Crippen LogP contribution in [0.25, 0.3) is 0 Å². The molecule has 0 atom stereocenters. The lowest BCUT2D eigenvalue weighted by Crippen LogP contribution is -2.51. The van der Waals surface area contributed by atoms with Crippen molar-refractivity contribution in [3.63, 3.8) is 0 Å². The minimum atomic E-state index is -0.655. The molecule has 0 aromatic heterocycles. The first-order valence-electron chi connectivity index (χ1n) is 9.76. The second-order valence-electron chi connectivity index (χ2n) is 7.12. The minimum absolute atomic E-state index is 0.0102. The van der Waals surface area contributed by atoms with Crippen molar-refractivity contribution < 1.29 is 28.2 Å². The average Bonchev–Trinajstić information content (AvgIpc) is 3.22. The van der Waals surface area contributed by atoms with E-state index >= 15 is 0 Å². The van der Waals surface area contributed by atoms with Crippen LogP contribution in [0.3, 0.4) is 0 Å². The molecule has 2 heterocycles. The number of imide groups is 1. The number of benzene rings is 2. The molecule has 31 heavy (non-hydrogen) atoms. The number of amides is 4. The molecular weight excluding hydrogens is 407 g/mol. The SMILES string of the molecule is O=C(CN1CCN(C(=O)c2ccccc2F)CC1)NC(=O)Nc1ccc2c(c1)OCO2. The number of fused-ring (bicyclic) bond motifs is 1. The van der Waals surface area contributed by atoms with E-state index in [-0.39, 0.29) is 24.8 Å². The van der Waals surface area contributed by atoms with Gasteiger partial charge in [-0.3, -0.25) is 19.8 Å². The van der Waals surface area contributed by atoms with Gasteiger partial charge in [0.1, 0.15) is 5.82 Å². The molecule has 2 N–H and O–H groups in total. The predicted molar refractivity (Wildman–Crippen MR) is 108 cm³/mol. The van der Waals surface area contributed by atoms with E-state index in [2.05, 4.69) is 10.6 Å². The Balaban J connectivity index is 1.22. The Hall–Kier alpha value is -3.66. The molecule has 4 amide bonds. The van der Waals surface area contributed by atoms with Gasteiger partial charge in [-0.05, 0) is 24.3 Å². The number of rotatable bonds is 4. The number of halogens is 1. The highest BCUT2D eigenvalue weighted by Gasteiger charge is 2.25. The summed E-state index contributed by atoms with van der Waals surface area (Å²) in [4.78, 5) is 40.1. The Morgan fingerprint density at radius 1 is 0.968 bits per heavy atom. The van der Waals surface area contributed by atoms with Crippen LogP contribution < -0.4 is 20.1 Å². The highest BCUT2D eigenvalue weighted by atomic mass is 19.1. The summed E-state index contributed by atoms with van der Waals surface area (Å²) in [5, 5.41) is 4.85. The third-order valence-corrected chi connectivity index (χ3v) is 5.01. The van der Waals surface area contributed by atoms with E-state index in [4.69, 9.17) is 9.47 Å². The van der Waals surface area contributed by atoms with Gasteiger partial charge in [0.25, 0.3) is 5.91 Å². The third kappa shape index (κ3) is 4.92. The molecule has 162 valence electrons. The van der Waals surface area contributed by atoms with Crippen molar-refractivity contribution in [2.45, 2.75) is 0 Å². The van der Waals surface area contributed by atoms with Crippen molar-refractivity contribution in [3.05, 3.63) is 53.8 Å². The maximum absolute atomic E-state index is 13.8. The number of urea groups is 1. The van der Waals surface area contributed by atoms with Gasteiger partial charge in [-0.25, -0.2) is 9.18 Å². The number of nitrogens with one attached hydrogen (secondary N) is 2. The summed E-state index contributed by atoms with van der Waals surface area (Å²) in [7, 11) is 0. The van der Waals surface area contributed by atoms with Crippen LogP contribution in [0.5, 0.6) is 11.5 Å². The smallest absolute Gasteiger partial charge is 0.325 e. The molecular formula is C21H21FN4O5. The molecule has 1 fully saturated rings. The number of ether oxygens (including phenoxy) is 2. The fourth-order valence-corrected chi connectivity index (χ4v) is 3.42. The average molecular weight is 428 g/mol. The van der Waals surface area contributed by atoms with E-state index in [0.717, 1.165) is 0 Å². The Morgan fingerprint density at radius 3 is 2.48 bits per heavy atom. The maximum Gasteiger partial charge on any atom is 0.325 e. The van der Waals surface area contributed by atoms with Crippen LogP contribution in [0.1, 0.15) is 10.4 Å². The highest BCUT2D eigenvalue weighted by molar-refractivity contribution is 6.02. The van der Waals surface area contributed by atoms with Gasteiger partial charge in [0.15, 0.2) is 11.5 Å². The molecule has 10 heteroatoms. The van der Waals surface area contributed by atoms with E-state index in [1.54, 1.807) is 29.2 Å². The van der Waals surface area contributed by atoms with E-state index < -0.39 is 17.8 Å². The summed E-state index contributed by atoms with van der Waals surface area (Å²) in [5.41, 5.74) is 0.503. The van der Waals surface area contributed by atoms with Crippen molar-refractivity contribution in [3.8, 4) is 11.5 Å². The second kappa shape index (κ2) is 9.00. The lowest BCUT2D eigenvalue weighted by molar-refractivity contribution is -0.121. The number of nitrogens with zero attached hydrogens (tertiary/aromatic N) is 2. The Kier molecular flexibility index (Phi) is 5.99. The quantitative estimate of drug-likeness (QED) is 0.769. The molecule has 2 aromatic rings. The minimum Gasteiger partial charge on any atom is -0.454 e. The summed E-state index contributed by atoms with van der Waals surface area (Å²) in [6.07, 6.45) is 0. The first-order valence-corrected chi connectivity index (χ1v) is 9.76. The summed E-state index contributed by atoms with van der Waals surface area (Å²) in [6.45, 7) is 1.75. The molecule has 9 nitrogen and oxygen atoms in total. The molecule has 0 unspecified atom stereocenters. The monoisotopic (exact) mass is 428 g/mol. The number of hydrogen-bond donors (Lipinski definition) is 2. The standard InChI is InChI=1S/C21H21FN4O5/c22-16-4-2-1-3-15(16)20(28)26-9-7-25(8-10-26)12-19(27)24-21(29)23-14-5-6-17-18(11-14)31-13-30-17/h1-6,11H,7-10,12-13H2,(H2,23,24,27,29). The summed E-state index contributed by atoms with van der Waals surface area (Å²) in [5.74, 6) is -0.276. The number of carbonyl (C=O) groups excluding carboxylic acids is 3. The van der Waals surface area contributed by atoms with Gasteiger partial charge in [-0.2, -0.15) is 0 Å². The number of hydrogen-bond acceptors (Lipinski definition) is 6. The first kappa shape index (κ1) is 20.6. The van der Waals surface area contributed by atoms with Crippen LogP contribution in [0.4, 0.5) is 14.9 Å². The fourth-order valence-electron chi connectivity index (χ4n) is 3.42. The van der Waals surface area contributed by atoms with E-state index in [1.165, 1.54) is 18.2 Å². The number of anilines is 1. The van der Waals surface area contributed by atoms with Crippen LogP contribution in [0, 0.1) is 5.82 Å². The molecule has 2 aliphatic rings. The van der Waals surface area contributed by atoms with Crippen LogP contribution in [0.2, 0.25) is 0 Å². The number of carbonyl (C=O) groups is 3. The first-order chi connectivity index (χ1) is 15.0.